The molecule has 2 aromatic rings. The summed E-state index contributed by atoms with van der Waals surface area (Å²) in [5.74, 6) is -2.24. The van der Waals surface area contributed by atoms with Crippen molar-refractivity contribution in [3.8, 4) is 0 Å². The third-order valence-electron chi connectivity index (χ3n) is 5.29. The van der Waals surface area contributed by atoms with Crippen molar-refractivity contribution in [3.05, 3.63) is 65.2 Å². The minimum absolute atomic E-state index is 0.0636. The van der Waals surface area contributed by atoms with Crippen LogP contribution >= 0.6 is 0 Å². The minimum atomic E-state index is -4.17. The van der Waals surface area contributed by atoms with Crippen LogP contribution < -0.4 is 5.32 Å². The van der Waals surface area contributed by atoms with Gasteiger partial charge in [-0.3, -0.25) is 4.79 Å². The van der Waals surface area contributed by atoms with E-state index in [1.165, 1.54) is 0 Å². The number of carbonyl (C=O) groups is 1. The number of nitrogens with zero attached hydrogens (tertiary/aromatic N) is 1. The molecule has 5 nitrogen and oxygen atoms in total. The third kappa shape index (κ3) is 4.64. The summed E-state index contributed by atoms with van der Waals surface area (Å²) in [7, 11) is -4.17. The number of aryl methyl sites for hydroxylation is 1. The van der Waals surface area contributed by atoms with Gasteiger partial charge in [-0.15, -0.1) is 0 Å². The number of halogens is 2. The van der Waals surface area contributed by atoms with Crippen LogP contribution in [0.25, 0.3) is 0 Å². The maximum absolute atomic E-state index is 14.1. The number of nitrogens with one attached hydrogen (secondary N) is 1. The Morgan fingerprint density at radius 3 is 2.52 bits per heavy atom. The van der Waals surface area contributed by atoms with E-state index < -0.39 is 32.0 Å². The van der Waals surface area contributed by atoms with Crippen LogP contribution in [0.3, 0.4) is 0 Å². The average Bonchev–Trinajstić information content (AvgIpc) is 2.67. The maximum Gasteiger partial charge on any atom is 0.246 e. The second kappa shape index (κ2) is 8.20. The summed E-state index contributed by atoms with van der Waals surface area (Å²) < 4.78 is 54.1. The highest BCUT2D eigenvalue weighted by Gasteiger charge is 2.42. The van der Waals surface area contributed by atoms with E-state index >= 15 is 0 Å². The van der Waals surface area contributed by atoms with Crippen LogP contribution in [-0.2, 0) is 21.4 Å². The first-order valence-electron chi connectivity index (χ1n) is 9.41. The second-order valence-electron chi connectivity index (χ2n) is 7.75. The van der Waals surface area contributed by atoms with Crippen LogP contribution in [0.5, 0.6) is 0 Å². The third-order valence-corrected chi connectivity index (χ3v) is 7.17. The van der Waals surface area contributed by atoms with E-state index in [1.54, 1.807) is 6.92 Å². The van der Waals surface area contributed by atoms with E-state index in [2.05, 4.69) is 5.32 Å². The molecule has 29 heavy (non-hydrogen) atoms. The van der Waals surface area contributed by atoms with Gasteiger partial charge in [-0.2, -0.15) is 4.31 Å². The Balaban J connectivity index is 1.74. The summed E-state index contributed by atoms with van der Waals surface area (Å²) in [6, 6.07) is 10.1. The molecule has 1 aliphatic rings. The molecule has 0 bridgehead atoms. The normalized spacial score (nSPS) is 20.4. The van der Waals surface area contributed by atoms with E-state index in [4.69, 9.17) is 0 Å². The number of rotatable bonds is 5. The predicted octanol–water partition coefficient (Wildman–Crippen LogP) is 3.38. The van der Waals surface area contributed by atoms with E-state index in [0.717, 1.165) is 27.6 Å². The van der Waals surface area contributed by atoms with Crippen molar-refractivity contribution in [2.45, 2.75) is 38.1 Å². The Labute approximate surface area is 169 Å². The molecule has 1 N–H and O–H groups in total. The zero-order valence-electron chi connectivity index (χ0n) is 16.4. The molecule has 156 valence electrons. The van der Waals surface area contributed by atoms with E-state index in [9.17, 15) is 22.0 Å². The molecular formula is C21H24F2N2O3S. The molecule has 0 aliphatic carbocycles. The molecule has 1 fully saturated rings. The largest absolute Gasteiger partial charge is 0.352 e. The monoisotopic (exact) mass is 422 g/mol. The fourth-order valence-corrected chi connectivity index (χ4v) is 5.16. The molecular weight excluding hydrogens is 398 g/mol. The van der Waals surface area contributed by atoms with Gasteiger partial charge in [0.15, 0.2) is 0 Å². The van der Waals surface area contributed by atoms with E-state index in [0.29, 0.717) is 25.5 Å². The standard InChI is InChI=1S/C21H24F2N2O3S/c1-15-4-6-16(7-5-15)13-24-20(26)21(2)10-3-11-25(14-21)29(27,28)19-9-8-17(22)12-18(19)23/h4-9,12H,3,10-11,13-14H2,1-2H3,(H,24,26). The van der Waals surface area contributed by atoms with Gasteiger partial charge in [0.25, 0.3) is 0 Å². The number of benzene rings is 2. The van der Waals surface area contributed by atoms with Crippen molar-refractivity contribution in [2.75, 3.05) is 13.1 Å². The van der Waals surface area contributed by atoms with Crippen LogP contribution in [-0.4, -0.2) is 31.7 Å². The highest BCUT2D eigenvalue weighted by Crippen LogP contribution is 2.33. The van der Waals surface area contributed by atoms with Crippen molar-refractivity contribution in [1.29, 1.82) is 0 Å². The quantitative estimate of drug-likeness (QED) is 0.803. The maximum atomic E-state index is 14.1. The highest BCUT2D eigenvalue weighted by atomic mass is 32.2. The highest BCUT2D eigenvalue weighted by molar-refractivity contribution is 7.89. The van der Waals surface area contributed by atoms with E-state index in [1.807, 2.05) is 31.2 Å². The molecule has 1 saturated heterocycles. The number of hydrogen-bond acceptors (Lipinski definition) is 3. The lowest BCUT2D eigenvalue weighted by atomic mass is 9.82. The van der Waals surface area contributed by atoms with Gasteiger partial charge < -0.3 is 5.32 Å². The Kier molecular flexibility index (Phi) is 6.05. The summed E-state index contributed by atoms with van der Waals surface area (Å²) in [4.78, 5) is 12.2. The molecule has 2 aromatic carbocycles. The lowest BCUT2D eigenvalue weighted by Gasteiger charge is -2.38. The Hall–Kier alpha value is -2.32. The summed E-state index contributed by atoms with van der Waals surface area (Å²) in [5.41, 5.74) is 1.13. The van der Waals surface area contributed by atoms with Crippen molar-refractivity contribution in [2.24, 2.45) is 5.41 Å². The number of carbonyl (C=O) groups excluding carboxylic acids is 1. The van der Waals surface area contributed by atoms with Crippen LogP contribution in [0.2, 0.25) is 0 Å². The molecule has 8 heteroatoms. The average molecular weight is 422 g/mol. The van der Waals surface area contributed by atoms with Crippen LogP contribution in [0.4, 0.5) is 8.78 Å². The van der Waals surface area contributed by atoms with Crippen molar-refractivity contribution < 1.29 is 22.0 Å². The first-order chi connectivity index (χ1) is 13.6. The summed E-state index contributed by atoms with van der Waals surface area (Å²) in [5, 5.41) is 2.88. The molecule has 0 aromatic heterocycles. The molecule has 0 spiro atoms. The van der Waals surface area contributed by atoms with Crippen LogP contribution in [0, 0.1) is 24.0 Å². The topological polar surface area (TPSA) is 66.5 Å². The van der Waals surface area contributed by atoms with Gasteiger partial charge in [0, 0.05) is 25.7 Å². The molecule has 1 atom stereocenters. The first kappa shape index (κ1) is 21.4. The zero-order valence-corrected chi connectivity index (χ0v) is 17.2. The van der Waals surface area contributed by atoms with Crippen molar-refractivity contribution >= 4 is 15.9 Å². The summed E-state index contributed by atoms with van der Waals surface area (Å²) in [6.45, 7) is 4.14. The van der Waals surface area contributed by atoms with Gasteiger partial charge >= 0.3 is 0 Å². The number of piperidine rings is 1. The lowest BCUT2D eigenvalue weighted by Crippen LogP contribution is -2.51. The van der Waals surface area contributed by atoms with Gasteiger partial charge in [0.05, 0.1) is 5.41 Å². The minimum Gasteiger partial charge on any atom is -0.352 e. The Bertz CT molecular complexity index is 1010. The fraction of sp³-hybridized carbons (Fsp3) is 0.381. The number of amides is 1. The van der Waals surface area contributed by atoms with Gasteiger partial charge in [0.2, 0.25) is 15.9 Å². The summed E-state index contributed by atoms with van der Waals surface area (Å²) in [6.07, 6.45) is 0.987. The lowest BCUT2D eigenvalue weighted by molar-refractivity contribution is -0.132. The van der Waals surface area contributed by atoms with Crippen LogP contribution in [0.1, 0.15) is 30.9 Å². The first-order valence-corrected chi connectivity index (χ1v) is 10.8. The second-order valence-corrected chi connectivity index (χ2v) is 9.65. The Morgan fingerprint density at radius 1 is 1.17 bits per heavy atom. The number of hydrogen-bond donors (Lipinski definition) is 1. The molecule has 3 rings (SSSR count). The summed E-state index contributed by atoms with van der Waals surface area (Å²) >= 11 is 0. The number of sulfonamides is 1. The molecule has 1 unspecified atom stereocenters. The molecule has 1 heterocycles. The van der Waals surface area contributed by atoms with Gasteiger partial charge in [-0.1, -0.05) is 29.8 Å². The van der Waals surface area contributed by atoms with Gasteiger partial charge in [0.1, 0.15) is 16.5 Å². The van der Waals surface area contributed by atoms with Gasteiger partial charge in [-0.05, 0) is 44.4 Å². The molecule has 0 saturated carbocycles. The predicted molar refractivity (Wildman–Crippen MR) is 105 cm³/mol. The molecule has 1 amide bonds. The van der Waals surface area contributed by atoms with Gasteiger partial charge in [-0.25, -0.2) is 17.2 Å². The van der Waals surface area contributed by atoms with Crippen molar-refractivity contribution in [1.82, 2.24) is 9.62 Å². The molecule has 1 aliphatic heterocycles. The zero-order chi connectivity index (χ0) is 21.2. The molecule has 0 radical (unpaired) electrons. The Morgan fingerprint density at radius 2 is 1.86 bits per heavy atom. The van der Waals surface area contributed by atoms with Crippen LogP contribution in [0.15, 0.2) is 47.4 Å². The SMILES string of the molecule is Cc1ccc(CNC(=O)C2(C)CCCN(S(=O)(=O)c3ccc(F)cc3F)C2)cc1. The smallest absolute Gasteiger partial charge is 0.246 e. The van der Waals surface area contributed by atoms with E-state index in [-0.39, 0.29) is 19.0 Å². The fourth-order valence-electron chi connectivity index (χ4n) is 3.51. The van der Waals surface area contributed by atoms with Crippen molar-refractivity contribution in [3.63, 3.8) is 0 Å².